The number of rotatable bonds is 4. The van der Waals surface area contributed by atoms with Gasteiger partial charge in [0.15, 0.2) is 0 Å². The first-order valence-electron chi connectivity index (χ1n) is 5.98. The van der Waals surface area contributed by atoms with Gasteiger partial charge in [-0.15, -0.1) is 11.3 Å². The second-order valence-electron chi connectivity index (χ2n) is 4.26. The molecule has 0 radical (unpaired) electrons. The van der Waals surface area contributed by atoms with Crippen LogP contribution >= 0.6 is 27.3 Å². The van der Waals surface area contributed by atoms with Crippen molar-refractivity contribution in [3.8, 4) is 0 Å². The van der Waals surface area contributed by atoms with Crippen molar-refractivity contribution in [2.24, 2.45) is 0 Å². The first-order valence-corrected chi connectivity index (χ1v) is 7.59. The molecule has 104 valence electrons. The van der Waals surface area contributed by atoms with Crippen molar-refractivity contribution in [1.29, 1.82) is 0 Å². The molecule has 5 heteroatoms. The highest BCUT2D eigenvalue weighted by Gasteiger charge is 2.16. The van der Waals surface area contributed by atoms with E-state index >= 15 is 0 Å². The molecule has 0 aliphatic carbocycles. The molecule has 0 aliphatic rings. The molecule has 1 aromatic carbocycles. The predicted octanol–water partition coefficient (Wildman–Crippen LogP) is 3.77. The minimum absolute atomic E-state index is 0.0232. The maximum atomic E-state index is 12.5. The Balaban J connectivity index is 2.26. The van der Waals surface area contributed by atoms with E-state index in [0.29, 0.717) is 10.4 Å². The second-order valence-corrected chi connectivity index (χ2v) is 6.28. The molecule has 2 rings (SSSR count). The molecular weight excluding hydrogens is 340 g/mol. The van der Waals surface area contributed by atoms with Gasteiger partial charge in [0.1, 0.15) is 0 Å². The van der Waals surface area contributed by atoms with Crippen LogP contribution in [0.5, 0.6) is 0 Å². The molecule has 1 heterocycles. The average molecular weight is 353 g/mol. The first kappa shape index (κ1) is 14.9. The highest BCUT2D eigenvalue weighted by molar-refractivity contribution is 9.10. The van der Waals surface area contributed by atoms with Crippen LogP contribution in [0.2, 0.25) is 0 Å². The maximum Gasteiger partial charge on any atom is 0.310 e. The van der Waals surface area contributed by atoms with Gasteiger partial charge in [-0.3, -0.25) is 9.59 Å². The summed E-state index contributed by atoms with van der Waals surface area (Å²) in [6.07, 6.45) is 0.200. The molecule has 0 saturated carbocycles. The summed E-state index contributed by atoms with van der Waals surface area (Å²) >= 11 is 4.75. The average Bonchev–Trinajstić information content (AvgIpc) is 2.89. The van der Waals surface area contributed by atoms with Crippen molar-refractivity contribution in [3.05, 3.63) is 55.7 Å². The van der Waals surface area contributed by atoms with Crippen molar-refractivity contribution < 1.29 is 14.3 Å². The summed E-state index contributed by atoms with van der Waals surface area (Å²) in [7, 11) is 1.35. The Labute approximate surface area is 129 Å². The van der Waals surface area contributed by atoms with Gasteiger partial charge in [-0.05, 0) is 30.7 Å². The van der Waals surface area contributed by atoms with Gasteiger partial charge in [-0.1, -0.05) is 28.1 Å². The first-order chi connectivity index (χ1) is 9.52. The molecule has 0 atom stereocenters. The van der Waals surface area contributed by atoms with Gasteiger partial charge >= 0.3 is 5.97 Å². The normalized spacial score (nSPS) is 10.3. The molecule has 0 bridgehead atoms. The lowest BCUT2D eigenvalue weighted by Crippen LogP contribution is -2.03. The van der Waals surface area contributed by atoms with Crippen LogP contribution in [0.3, 0.4) is 0 Å². The van der Waals surface area contributed by atoms with Gasteiger partial charge in [0.25, 0.3) is 0 Å². The van der Waals surface area contributed by atoms with Gasteiger partial charge in [0.2, 0.25) is 5.78 Å². The van der Waals surface area contributed by atoms with Crippen LogP contribution in [-0.4, -0.2) is 18.9 Å². The summed E-state index contributed by atoms with van der Waals surface area (Å²) in [5.74, 6) is -0.325. The largest absolute Gasteiger partial charge is 0.469 e. The lowest BCUT2D eigenvalue weighted by molar-refractivity contribution is -0.139. The molecule has 0 aliphatic heterocycles. The molecular formula is C15H13BrO3S. The molecule has 1 aromatic heterocycles. The number of benzene rings is 1. The number of thiophene rings is 1. The highest BCUT2D eigenvalue weighted by Crippen LogP contribution is 2.25. The fourth-order valence-electron chi connectivity index (χ4n) is 1.80. The Bertz CT molecular complexity index is 661. The molecule has 0 amide bonds. The Morgan fingerprint density at radius 1 is 1.25 bits per heavy atom. The molecule has 0 unspecified atom stereocenters. The summed E-state index contributed by atoms with van der Waals surface area (Å²) in [5, 5.41) is 0. The summed E-state index contributed by atoms with van der Waals surface area (Å²) < 4.78 is 5.53. The van der Waals surface area contributed by atoms with E-state index in [0.717, 1.165) is 14.9 Å². The lowest BCUT2D eigenvalue weighted by atomic mass is 10.0. The summed E-state index contributed by atoms with van der Waals surface area (Å²) in [6.45, 7) is 1.90. The van der Waals surface area contributed by atoms with Crippen LogP contribution in [-0.2, 0) is 16.0 Å². The number of methoxy groups -OCH3 is 1. The zero-order valence-electron chi connectivity index (χ0n) is 11.1. The molecule has 0 N–H and O–H groups in total. The van der Waals surface area contributed by atoms with Crippen molar-refractivity contribution in [2.75, 3.05) is 7.11 Å². The number of hydrogen-bond acceptors (Lipinski definition) is 4. The van der Waals surface area contributed by atoms with E-state index in [9.17, 15) is 9.59 Å². The third-order valence-corrected chi connectivity index (χ3v) is 4.89. The van der Waals surface area contributed by atoms with Gasteiger partial charge < -0.3 is 4.74 Å². The van der Waals surface area contributed by atoms with Crippen LogP contribution in [0.1, 0.15) is 25.7 Å². The van der Waals surface area contributed by atoms with E-state index in [1.807, 2.05) is 25.1 Å². The molecule has 3 nitrogen and oxygen atoms in total. The summed E-state index contributed by atoms with van der Waals surface area (Å²) in [5.41, 5.74) is 1.59. The molecule has 0 saturated heterocycles. The number of hydrogen-bond donors (Lipinski definition) is 0. The van der Waals surface area contributed by atoms with Crippen molar-refractivity contribution in [2.45, 2.75) is 13.3 Å². The van der Waals surface area contributed by atoms with Crippen LogP contribution in [0.4, 0.5) is 0 Å². The molecule has 2 aromatic rings. The second kappa shape index (κ2) is 6.33. The van der Waals surface area contributed by atoms with Gasteiger partial charge in [0, 0.05) is 14.9 Å². The molecule has 0 spiro atoms. The van der Waals surface area contributed by atoms with Crippen molar-refractivity contribution in [1.82, 2.24) is 0 Å². The quantitative estimate of drug-likeness (QED) is 0.621. The van der Waals surface area contributed by atoms with E-state index in [2.05, 4.69) is 20.7 Å². The van der Waals surface area contributed by atoms with E-state index in [1.54, 1.807) is 12.1 Å². The SMILES string of the molecule is COC(=O)Cc1ccc(C(=O)c2cccc(Br)c2C)s1. The fourth-order valence-corrected chi connectivity index (χ4v) is 3.11. The standard InChI is InChI=1S/C15H13BrO3S/c1-9-11(4-3-5-12(9)16)15(18)13-7-6-10(20-13)8-14(17)19-2/h3-7H,8H2,1-2H3. The highest BCUT2D eigenvalue weighted by atomic mass is 79.9. The smallest absolute Gasteiger partial charge is 0.310 e. The van der Waals surface area contributed by atoms with Crippen LogP contribution in [0.15, 0.2) is 34.8 Å². The topological polar surface area (TPSA) is 43.4 Å². The number of halogens is 1. The maximum absolute atomic E-state index is 12.5. The van der Waals surface area contributed by atoms with Gasteiger partial charge in [-0.2, -0.15) is 0 Å². The minimum Gasteiger partial charge on any atom is -0.469 e. The fraction of sp³-hybridized carbons (Fsp3) is 0.200. The zero-order valence-corrected chi connectivity index (χ0v) is 13.5. The van der Waals surface area contributed by atoms with E-state index in [-0.39, 0.29) is 18.2 Å². The number of esters is 1. The Morgan fingerprint density at radius 2 is 2.00 bits per heavy atom. The monoisotopic (exact) mass is 352 g/mol. The Hall–Kier alpha value is -1.46. The molecule has 20 heavy (non-hydrogen) atoms. The third-order valence-electron chi connectivity index (χ3n) is 2.94. The Kier molecular flexibility index (Phi) is 4.73. The summed E-state index contributed by atoms with van der Waals surface area (Å²) in [6, 6.07) is 9.10. The summed E-state index contributed by atoms with van der Waals surface area (Å²) in [4.78, 5) is 25.1. The number of carbonyl (C=O) groups excluding carboxylic acids is 2. The minimum atomic E-state index is -0.301. The van der Waals surface area contributed by atoms with Crippen LogP contribution in [0, 0.1) is 6.92 Å². The molecule has 0 fully saturated rings. The van der Waals surface area contributed by atoms with Crippen molar-refractivity contribution >= 4 is 39.0 Å². The van der Waals surface area contributed by atoms with Gasteiger partial charge in [-0.25, -0.2) is 0 Å². The number of ether oxygens (including phenoxy) is 1. The third kappa shape index (κ3) is 3.16. The van der Waals surface area contributed by atoms with Crippen molar-refractivity contribution in [3.63, 3.8) is 0 Å². The number of carbonyl (C=O) groups is 2. The Morgan fingerprint density at radius 3 is 2.70 bits per heavy atom. The van der Waals surface area contributed by atoms with Crippen LogP contribution in [0.25, 0.3) is 0 Å². The zero-order chi connectivity index (χ0) is 14.7. The van der Waals surface area contributed by atoms with Gasteiger partial charge in [0.05, 0.1) is 18.4 Å². The van der Waals surface area contributed by atoms with E-state index < -0.39 is 0 Å². The number of ketones is 1. The van der Waals surface area contributed by atoms with E-state index in [1.165, 1.54) is 18.4 Å². The predicted molar refractivity (Wildman–Crippen MR) is 82.4 cm³/mol. The van der Waals surface area contributed by atoms with Crippen LogP contribution < -0.4 is 0 Å². The van der Waals surface area contributed by atoms with E-state index in [4.69, 9.17) is 0 Å². The lowest BCUT2D eigenvalue weighted by Gasteiger charge is -2.04.